The van der Waals surface area contributed by atoms with E-state index < -0.39 is 11.9 Å². The highest BCUT2D eigenvalue weighted by atomic mass is 19.4. The number of fused-ring (bicyclic) bond motifs is 1. The lowest BCUT2D eigenvalue weighted by molar-refractivity contribution is -0.140. The standard InChI is InChI=1S/C19H16F3N7O/c1-28(2)18(30)11-3-5-12(6-4-11)26-16-17-24-10-14(29(17)8-7-23-16)13-9-25-27-15(13)19(20,21)22/h3-10H,1-2H3,(H,23,26)(H,25,27). The summed E-state index contributed by atoms with van der Waals surface area (Å²) in [6.45, 7) is 0. The number of aromatic nitrogens is 5. The number of anilines is 2. The van der Waals surface area contributed by atoms with Crippen LogP contribution < -0.4 is 5.32 Å². The average Bonchev–Trinajstić information content (AvgIpc) is 3.35. The van der Waals surface area contributed by atoms with Crippen molar-refractivity contribution in [1.29, 1.82) is 0 Å². The maximum absolute atomic E-state index is 13.2. The fourth-order valence-corrected chi connectivity index (χ4v) is 3.00. The van der Waals surface area contributed by atoms with Gasteiger partial charge in [0.15, 0.2) is 17.2 Å². The highest BCUT2D eigenvalue weighted by Crippen LogP contribution is 2.36. The zero-order valence-electron chi connectivity index (χ0n) is 15.9. The van der Waals surface area contributed by atoms with Crippen LogP contribution in [0.1, 0.15) is 16.1 Å². The molecule has 0 bridgehead atoms. The molecule has 0 saturated heterocycles. The Hall–Kier alpha value is -3.89. The van der Waals surface area contributed by atoms with E-state index >= 15 is 0 Å². The van der Waals surface area contributed by atoms with Crippen molar-refractivity contribution in [1.82, 2.24) is 29.5 Å². The molecule has 154 valence electrons. The van der Waals surface area contributed by atoms with E-state index in [4.69, 9.17) is 0 Å². The smallest absolute Gasteiger partial charge is 0.345 e. The molecule has 1 amide bonds. The number of halogens is 3. The van der Waals surface area contributed by atoms with Crippen LogP contribution >= 0.6 is 0 Å². The first kappa shape index (κ1) is 19.4. The maximum Gasteiger partial charge on any atom is 0.435 e. The normalized spacial score (nSPS) is 11.6. The SMILES string of the molecule is CN(C)C(=O)c1ccc(Nc2nccn3c(-c4c[nH]nc4C(F)(F)F)cnc23)cc1. The number of carbonyl (C=O) groups is 1. The molecule has 3 heterocycles. The first-order valence-electron chi connectivity index (χ1n) is 8.78. The van der Waals surface area contributed by atoms with E-state index in [9.17, 15) is 18.0 Å². The molecule has 4 rings (SSSR count). The number of hydrogen-bond donors (Lipinski definition) is 2. The summed E-state index contributed by atoms with van der Waals surface area (Å²) in [5.41, 5.74) is 0.614. The Morgan fingerprint density at radius 3 is 2.57 bits per heavy atom. The number of rotatable bonds is 4. The molecule has 8 nitrogen and oxygen atoms in total. The molecule has 4 aromatic rings. The van der Waals surface area contributed by atoms with Crippen molar-refractivity contribution >= 4 is 23.1 Å². The number of alkyl halides is 3. The Morgan fingerprint density at radius 2 is 1.90 bits per heavy atom. The largest absolute Gasteiger partial charge is 0.435 e. The topological polar surface area (TPSA) is 91.2 Å². The predicted molar refractivity (Wildman–Crippen MR) is 103 cm³/mol. The highest BCUT2D eigenvalue weighted by molar-refractivity contribution is 5.94. The summed E-state index contributed by atoms with van der Waals surface area (Å²) in [6.07, 6.45) is 0.896. The molecule has 0 atom stereocenters. The van der Waals surface area contributed by atoms with Gasteiger partial charge in [-0.05, 0) is 24.3 Å². The van der Waals surface area contributed by atoms with E-state index in [1.54, 1.807) is 38.4 Å². The van der Waals surface area contributed by atoms with Crippen LogP contribution in [-0.2, 0) is 6.18 Å². The molecule has 0 radical (unpaired) electrons. The third kappa shape index (κ3) is 3.45. The summed E-state index contributed by atoms with van der Waals surface area (Å²) >= 11 is 0. The highest BCUT2D eigenvalue weighted by Gasteiger charge is 2.37. The third-order valence-electron chi connectivity index (χ3n) is 4.41. The second-order valence-corrected chi connectivity index (χ2v) is 6.66. The quantitative estimate of drug-likeness (QED) is 0.532. The zero-order chi connectivity index (χ0) is 21.5. The summed E-state index contributed by atoms with van der Waals surface area (Å²) in [5.74, 6) is 0.229. The molecular weight excluding hydrogens is 399 g/mol. The number of benzene rings is 1. The van der Waals surface area contributed by atoms with Crippen molar-refractivity contribution in [2.24, 2.45) is 0 Å². The Balaban J connectivity index is 1.68. The molecule has 0 aliphatic heterocycles. The van der Waals surface area contributed by atoms with E-state index in [1.165, 1.54) is 34.1 Å². The van der Waals surface area contributed by atoms with Crippen molar-refractivity contribution < 1.29 is 18.0 Å². The van der Waals surface area contributed by atoms with Gasteiger partial charge >= 0.3 is 6.18 Å². The number of H-pyrrole nitrogens is 1. The molecule has 30 heavy (non-hydrogen) atoms. The monoisotopic (exact) mass is 415 g/mol. The minimum absolute atomic E-state index is 0.112. The van der Waals surface area contributed by atoms with E-state index in [0.29, 0.717) is 22.7 Å². The van der Waals surface area contributed by atoms with Gasteiger partial charge < -0.3 is 10.2 Å². The lowest BCUT2D eigenvalue weighted by Crippen LogP contribution is -2.21. The minimum atomic E-state index is -4.60. The number of nitrogens with zero attached hydrogens (tertiary/aromatic N) is 5. The Morgan fingerprint density at radius 1 is 1.17 bits per heavy atom. The summed E-state index contributed by atoms with van der Waals surface area (Å²) in [5, 5.41) is 8.66. The van der Waals surface area contributed by atoms with Gasteiger partial charge in [-0.3, -0.25) is 14.3 Å². The number of carbonyl (C=O) groups excluding carboxylic acids is 1. The van der Waals surface area contributed by atoms with Crippen LogP contribution in [0.25, 0.3) is 16.9 Å². The fourth-order valence-electron chi connectivity index (χ4n) is 3.00. The van der Waals surface area contributed by atoms with Crippen LogP contribution in [0.4, 0.5) is 24.7 Å². The van der Waals surface area contributed by atoms with Gasteiger partial charge in [0.25, 0.3) is 5.91 Å². The van der Waals surface area contributed by atoms with Crippen LogP contribution in [0.5, 0.6) is 0 Å². The van der Waals surface area contributed by atoms with Crippen molar-refractivity contribution in [3.8, 4) is 11.3 Å². The number of amides is 1. The van der Waals surface area contributed by atoms with Crippen LogP contribution in [0.3, 0.4) is 0 Å². The maximum atomic E-state index is 13.2. The first-order valence-corrected chi connectivity index (χ1v) is 8.78. The lowest BCUT2D eigenvalue weighted by atomic mass is 10.2. The number of aromatic amines is 1. The van der Waals surface area contributed by atoms with Gasteiger partial charge in [-0.1, -0.05) is 0 Å². The van der Waals surface area contributed by atoms with E-state index in [2.05, 4.69) is 25.5 Å². The molecular formula is C19H16F3N7O. The summed E-state index contributed by atoms with van der Waals surface area (Å²) in [6, 6.07) is 6.76. The van der Waals surface area contributed by atoms with E-state index in [1.807, 2.05) is 0 Å². The molecule has 11 heteroatoms. The molecule has 2 N–H and O–H groups in total. The second-order valence-electron chi connectivity index (χ2n) is 6.66. The van der Waals surface area contributed by atoms with Gasteiger partial charge in [-0.15, -0.1) is 0 Å². The van der Waals surface area contributed by atoms with E-state index in [0.717, 1.165) is 0 Å². The first-order chi connectivity index (χ1) is 14.3. The molecule has 0 aliphatic rings. The van der Waals surface area contributed by atoms with Crippen molar-refractivity contribution in [2.75, 3.05) is 19.4 Å². The summed E-state index contributed by atoms with van der Waals surface area (Å²) in [4.78, 5) is 21.9. The number of imidazole rings is 1. The number of hydrogen-bond acceptors (Lipinski definition) is 5. The van der Waals surface area contributed by atoms with Gasteiger partial charge in [0.1, 0.15) is 0 Å². The summed E-state index contributed by atoms with van der Waals surface area (Å²) in [7, 11) is 3.33. The van der Waals surface area contributed by atoms with Gasteiger partial charge in [-0.25, -0.2) is 9.97 Å². The van der Waals surface area contributed by atoms with Gasteiger partial charge in [-0.2, -0.15) is 18.3 Å². The molecule has 3 aromatic heterocycles. The zero-order valence-corrected chi connectivity index (χ0v) is 15.9. The van der Waals surface area contributed by atoms with Gasteiger partial charge in [0, 0.05) is 43.9 Å². The van der Waals surface area contributed by atoms with Crippen LogP contribution in [-0.4, -0.2) is 49.5 Å². The van der Waals surface area contributed by atoms with Crippen molar-refractivity contribution in [3.05, 3.63) is 60.3 Å². The Kier molecular flexibility index (Phi) is 4.65. The average molecular weight is 415 g/mol. The Bertz CT molecular complexity index is 1210. The third-order valence-corrected chi connectivity index (χ3v) is 4.41. The molecule has 0 saturated carbocycles. The predicted octanol–water partition coefficient (Wildman–Crippen LogP) is 3.58. The van der Waals surface area contributed by atoms with Crippen LogP contribution in [0, 0.1) is 0 Å². The Labute approximate surface area is 168 Å². The van der Waals surface area contributed by atoms with Gasteiger partial charge in [0.05, 0.1) is 17.5 Å². The molecule has 0 fully saturated rings. The molecule has 0 spiro atoms. The number of nitrogens with one attached hydrogen (secondary N) is 2. The van der Waals surface area contributed by atoms with Crippen molar-refractivity contribution in [3.63, 3.8) is 0 Å². The molecule has 0 unspecified atom stereocenters. The molecule has 1 aromatic carbocycles. The van der Waals surface area contributed by atoms with E-state index in [-0.39, 0.29) is 17.2 Å². The van der Waals surface area contributed by atoms with Crippen molar-refractivity contribution in [2.45, 2.75) is 6.18 Å². The van der Waals surface area contributed by atoms with Crippen LogP contribution in [0.2, 0.25) is 0 Å². The fraction of sp³-hybridized carbons (Fsp3) is 0.158. The second kappa shape index (κ2) is 7.17. The molecule has 0 aliphatic carbocycles. The summed E-state index contributed by atoms with van der Waals surface area (Å²) < 4.78 is 41.1. The minimum Gasteiger partial charge on any atom is -0.345 e. The van der Waals surface area contributed by atoms with Crippen LogP contribution in [0.15, 0.2) is 49.1 Å². The lowest BCUT2D eigenvalue weighted by Gasteiger charge is -2.11. The van der Waals surface area contributed by atoms with Gasteiger partial charge in [0.2, 0.25) is 0 Å².